The average molecular weight is 441 g/mol. The Hall–Kier alpha value is -2.25. The van der Waals surface area contributed by atoms with Gasteiger partial charge in [-0.1, -0.05) is 45.2 Å². The topological polar surface area (TPSA) is 105 Å². The second-order valence-electron chi connectivity index (χ2n) is 10.0. The van der Waals surface area contributed by atoms with Crippen molar-refractivity contribution in [2.24, 2.45) is 17.6 Å². The summed E-state index contributed by atoms with van der Waals surface area (Å²) in [6.45, 7) is 5.49. The molecular weight excluding hydrogens is 404 g/mol. The van der Waals surface area contributed by atoms with E-state index in [2.05, 4.69) is 30.5 Å². The molecule has 0 radical (unpaired) electrons. The minimum Gasteiger partial charge on any atom is -0.326 e. The zero-order valence-corrected chi connectivity index (χ0v) is 19.2. The van der Waals surface area contributed by atoms with Crippen molar-refractivity contribution < 1.29 is 14.4 Å². The first-order chi connectivity index (χ1) is 15.3. The van der Waals surface area contributed by atoms with Crippen LogP contribution < -0.4 is 16.4 Å². The number of nitrogens with two attached hydrogens (primary N) is 1. The van der Waals surface area contributed by atoms with Crippen molar-refractivity contribution in [3.63, 3.8) is 0 Å². The summed E-state index contributed by atoms with van der Waals surface area (Å²) < 4.78 is 0. The molecule has 2 heterocycles. The number of benzene rings is 1. The van der Waals surface area contributed by atoms with Crippen LogP contribution in [0, 0.1) is 11.8 Å². The Morgan fingerprint density at radius 1 is 1.12 bits per heavy atom. The van der Waals surface area contributed by atoms with Gasteiger partial charge in [-0.3, -0.25) is 19.7 Å². The summed E-state index contributed by atoms with van der Waals surface area (Å²) in [6.07, 6.45) is 7.01. The SMILES string of the molecule is CC(C)C(N)C(NCc1ccc2c(c1)CN(C1CCC(=O)NC1=O)C2=O)C1CCCCC1. The van der Waals surface area contributed by atoms with Crippen LogP contribution in [0.3, 0.4) is 0 Å². The van der Waals surface area contributed by atoms with Gasteiger partial charge in [-0.2, -0.15) is 0 Å². The molecule has 1 aromatic carbocycles. The van der Waals surface area contributed by atoms with Crippen molar-refractivity contribution >= 4 is 17.7 Å². The number of nitrogens with zero attached hydrogens (tertiary/aromatic N) is 1. The lowest BCUT2D eigenvalue weighted by atomic mass is 9.78. The van der Waals surface area contributed by atoms with Gasteiger partial charge in [-0.15, -0.1) is 0 Å². The fourth-order valence-corrected chi connectivity index (χ4v) is 5.50. The molecule has 7 heteroatoms. The minimum atomic E-state index is -0.575. The Morgan fingerprint density at radius 2 is 1.88 bits per heavy atom. The number of amides is 3. The number of hydrogen-bond donors (Lipinski definition) is 3. The Morgan fingerprint density at radius 3 is 2.56 bits per heavy atom. The average Bonchev–Trinajstić information content (AvgIpc) is 3.10. The van der Waals surface area contributed by atoms with Crippen molar-refractivity contribution in [3.8, 4) is 0 Å². The molecule has 3 amide bonds. The Balaban J connectivity index is 1.44. The summed E-state index contributed by atoms with van der Waals surface area (Å²) in [5.74, 6) is 0.253. The number of imide groups is 1. The lowest BCUT2D eigenvalue weighted by Crippen LogP contribution is -2.52. The van der Waals surface area contributed by atoms with Gasteiger partial charge >= 0.3 is 0 Å². The molecular formula is C25H36N4O3. The number of piperidine rings is 1. The molecule has 0 bridgehead atoms. The van der Waals surface area contributed by atoms with Gasteiger partial charge in [0, 0.05) is 37.2 Å². The molecule has 1 aromatic rings. The fraction of sp³-hybridized carbons (Fsp3) is 0.640. The van der Waals surface area contributed by atoms with Crippen LogP contribution in [0.2, 0.25) is 0 Å². The van der Waals surface area contributed by atoms with E-state index in [9.17, 15) is 14.4 Å². The quantitative estimate of drug-likeness (QED) is 0.565. The lowest BCUT2D eigenvalue weighted by Gasteiger charge is -2.36. The minimum absolute atomic E-state index is 0.108. The van der Waals surface area contributed by atoms with Gasteiger partial charge in [-0.25, -0.2) is 0 Å². The third-order valence-corrected chi connectivity index (χ3v) is 7.47. The summed E-state index contributed by atoms with van der Waals surface area (Å²) in [7, 11) is 0. The van der Waals surface area contributed by atoms with E-state index in [1.165, 1.54) is 32.1 Å². The smallest absolute Gasteiger partial charge is 0.255 e. The second kappa shape index (κ2) is 9.71. The van der Waals surface area contributed by atoms with Gasteiger partial charge in [0.1, 0.15) is 6.04 Å². The van der Waals surface area contributed by atoms with Gasteiger partial charge < -0.3 is 16.0 Å². The van der Waals surface area contributed by atoms with Crippen LogP contribution in [0.1, 0.15) is 80.3 Å². The zero-order chi connectivity index (χ0) is 22.8. The van der Waals surface area contributed by atoms with E-state index in [0.29, 0.717) is 36.9 Å². The number of rotatable bonds is 7. The molecule has 3 aliphatic rings. The van der Waals surface area contributed by atoms with Gasteiger partial charge in [-0.05, 0) is 48.3 Å². The highest BCUT2D eigenvalue weighted by atomic mass is 16.2. The number of carbonyl (C=O) groups is 3. The summed E-state index contributed by atoms with van der Waals surface area (Å²) in [4.78, 5) is 38.2. The lowest BCUT2D eigenvalue weighted by molar-refractivity contribution is -0.136. The van der Waals surface area contributed by atoms with Gasteiger partial charge in [0.15, 0.2) is 0 Å². The van der Waals surface area contributed by atoms with Gasteiger partial charge in [0.05, 0.1) is 0 Å². The maximum absolute atomic E-state index is 12.9. The molecule has 2 aliphatic heterocycles. The van der Waals surface area contributed by atoms with Crippen LogP contribution in [0.4, 0.5) is 0 Å². The van der Waals surface area contributed by atoms with Crippen molar-refractivity contribution in [2.75, 3.05) is 0 Å². The molecule has 4 N–H and O–H groups in total. The standard InChI is InChI=1S/C25H36N4O3/c1-15(2)22(26)23(17-6-4-3-5-7-17)27-13-16-8-9-19-18(12-16)14-29(25(19)32)20-10-11-21(30)28-24(20)31/h8-9,12,15,17,20,22-23,27H,3-7,10-11,13-14,26H2,1-2H3,(H,28,30,31). The molecule has 3 atom stereocenters. The van der Waals surface area contributed by atoms with Crippen LogP contribution in [0.25, 0.3) is 0 Å². The number of nitrogens with one attached hydrogen (secondary N) is 2. The largest absolute Gasteiger partial charge is 0.326 e. The van der Waals surface area contributed by atoms with E-state index in [4.69, 9.17) is 5.73 Å². The maximum atomic E-state index is 12.9. The van der Waals surface area contributed by atoms with Crippen molar-refractivity contribution in [1.29, 1.82) is 0 Å². The van der Waals surface area contributed by atoms with Crippen LogP contribution in [-0.2, 0) is 22.7 Å². The van der Waals surface area contributed by atoms with E-state index in [1.807, 2.05) is 12.1 Å². The molecule has 2 fully saturated rings. The van der Waals surface area contributed by atoms with E-state index in [0.717, 1.165) is 11.1 Å². The first-order valence-electron chi connectivity index (χ1n) is 12.1. The van der Waals surface area contributed by atoms with E-state index in [-0.39, 0.29) is 36.2 Å². The zero-order valence-electron chi connectivity index (χ0n) is 19.2. The first kappa shape index (κ1) is 22.9. The maximum Gasteiger partial charge on any atom is 0.255 e. The fourth-order valence-electron chi connectivity index (χ4n) is 5.50. The molecule has 4 rings (SSSR count). The highest BCUT2D eigenvalue weighted by Gasteiger charge is 2.39. The summed E-state index contributed by atoms with van der Waals surface area (Å²) in [5.41, 5.74) is 9.34. The third-order valence-electron chi connectivity index (χ3n) is 7.47. The van der Waals surface area contributed by atoms with Gasteiger partial charge in [0.25, 0.3) is 5.91 Å². The highest BCUT2D eigenvalue weighted by Crippen LogP contribution is 2.30. The number of hydrogen-bond acceptors (Lipinski definition) is 5. The Labute approximate surface area is 190 Å². The second-order valence-corrected chi connectivity index (χ2v) is 10.0. The molecule has 1 saturated carbocycles. The predicted molar refractivity (Wildman–Crippen MR) is 123 cm³/mol. The van der Waals surface area contributed by atoms with E-state index >= 15 is 0 Å². The summed E-state index contributed by atoms with van der Waals surface area (Å²) in [6, 6.07) is 5.76. The molecule has 3 unspecified atom stereocenters. The molecule has 32 heavy (non-hydrogen) atoms. The van der Waals surface area contributed by atoms with Crippen molar-refractivity contribution in [2.45, 2.75) is 90.0 Å². The Kier molecular flexibility index (Phi) is 6.96. The summed E-state index contributed by atoms with van der Waals surface area (Å²) >= 11 is 0. The molecule has 7 nitrogen and oxygen atoms in total. The Bertz CT molecular complexity index is 878. The summed E-state index contributed by atoms with van der Waals surface area (Å²) in [5, 5.41) is 6.11. The van der Waals surface area contributed by atoms with Crippen molar-refractivity contribution in [3.05, 3.63) is 34.9 Å². The molecule has 1 aliphatic carbocycles. The van der Waals surface area contributed by atoms with Crippen LogP contribution in [-0.4, -0.2) is 40.7 Å². The normalized spacial score (nSPS) is 23.9. The first-order valence-corrected chi connectivity index (χ1v) is 12.1. The van der Waals surface area contributed by atoms with Crippen molar-refractivity contribution in [1.82, 2.24) is 15.5 Å². The van der Waals surface area contributed by atoms with Crippen LogP contribution in [0.5, 0.6) is 0 Å². The monoisotopic (exact) mass is 440 g/mol. The molecule has 174 valence electrons. The van der Waals surface area contributed by atoms with E-state index in [1.54, 1.807) is 4.90 Å². The molecule has 0 spiro atoms. The van der Waals surface area contributed by atoms with Gasteiger partial charge in [0.2, 0.25) is 11.8 Å². The number of carbonyl (C=O) groups excluding carboxylic acids is 3. The predicted octanol–water partition coefficient (Wildman–Crippen LogP) is 2.47. The van der Waals surface area contributed by atoms with Crippen LogP contribution in [0.15, 0.2) is 18.2 Å². The van der Waals surface area contributed by atoms with Crippen LogP contribution >= 0.6 is 0 Å². The number of fused-ring (bicyclic) bond motifs is 1. The van der Waals surface area contributed by atoms with E-state index < -0.39 is 6.04 Å². The third kappa shape index (κ3) is 4.74. The molecule has 1 saturated heterocycles. The molecule has 0 aromatic heterocycles. The highest BCUT2D eigenvalue weighted by molar-refractivity contribution is 6.05.